The summed E-state index contributed by atoms with van der Waals surface area (Å²) in [5.41, 5.74) is -0.157. The Morgan fingerprint density at radius 3 is 2.75 bits per heavy atom. The molecule has 3 nitrogen and oxygen atoms in total. The molecule has 0 bridgehead atoms. The molecule has 0 aromatic heterocycles. The minimum Gasteiger partial charge on any atom is -0.391 e. The van der Waals surface area contributed by atoms with E-state index in [1.54, 1.807) is 0 Å². The van der Waals surface area contributed by atoms with E-state index in [9.17, 15) is 18.7 Å². The molecular weight excluding hydrogens is 216 g/mol. The molecule has 1 aliphatic rings. The molecule has 1 saturated heterocycles. The second kappa shape index (κ2) is 4.17. The van der Waals surface area contributed by atoms with Gasteiger partial charge in [-0.05, 0) is 18.6 Å². The number of nitrogens with zero attached hydrogens (tertiary/aromatic N) is 1. The van der Waals surface area contributed by atoms with Crippen LogP contribution in [0.3, 0.4) is 0 Å². The van der Waals surface area contributed by atoms with E-state index in [1.165, 1.54) is 4.90 Å². The van der Waals surface area contributed by atoms with E-state index in [1.807, 2.05) is 0 Å². The highest BCUT2D eigenvalue weighted by atomic mass is 19.1. The number of amides is 1. The normalized spacial score (nSPS) is 20.2. The lowest BCUT2D eigenvalue weighted by atomic mass is 10.2. The molecule has 1 N–H and O–H groups in total. The minimum absolute atomic E-state index is 0.157. The average Bonchev–Trinajstić information content (AvgIpc) is 2.64. The van der Waals surface area contributed by atoms with Gasteiger partial charge in [-0.3, -0.25) is 4.79 Å². The van der Waals surface area contributed by atoms with Crippen molar-refractivity contribution in [2.45, 2.75) is 12.5 Å². The van der Waals surface area contributed by atoms with Crippen LogP contribution in [0.2, 0.25) is 0 Å². The summed E-state index contributed by atoms with van der Waals surface area (Å²) in [5, 5.41) is 9.26. The van der Waals surface area contributed by atoms with Gasteiger partial charge in [0.1, 0.15) is 11.6 Å². The number of halogens is 2. The third-order valence-corrected chi connectivity index (χ3v) is 2.61. The third-order valence-electron chi connectivity index (χ3n) is 2.61. The van der Waals surface area contributed by atoms with Crippen molar-refractivity contribution < 1.29 is 18.7 Å². The van der Waals surface area contributed by atoms with Crippen molar-refractivity contribution >= 4 is 5.91 Å². The summed E-state index contributed by atoms with van der Waals surface area (Å²) in [6, 6.07) is 2.85. The fraction of sp³-hybridized carbons (Fsp3) is 0.364. The molecule has 1 heterocycles. The van der Waals surface area contributed by atoms with E-state index in [4.69, 9.17) is 0 Å². The molecule has 1 atom stereocenters. The van der Waals surface area contributed by atoms with Crippen molar-refractivity contribution in [3.05, 3.63) is 35.4 Å². The Bertz CT molecular complexity index is 422. The molecule has 2 rings (SSSR count). The van der Waals surface area contributed by atoms with Gasteiger partial charge in [0.2, 0.25) is 0 Å². The molecule has 16 heavy (non-hydrogen) atoms. The molecule has 1 aromatic carbocycles. The monoisotopic (exact) mass is 227 g/mol. The fourth-order valence-corrected chi connectivity index (χ4v) is 1.76. The highest BCUT2D eigenvalue weighted by molar-refractivity contribution is 5.94. The number of carbonyl (C=O) groups is 1. The first kappa shape index (κ1) is 11.0. The van der Waals surface area contributed by atoms with Gasteiger partial charge in [0.15, 0.2) is 0 Å². The number of aliphatic hydroxyl groups excluding tert-OH is 1. The first-order valence-electron chi connectivity index (χ1n) is 5.00. The quantitative estimate of drug-likeness (QED) is 0.782. The van der Waals surface area contributed by atoms with E-state index < -0.39 is 23.6 Å². The zero-order valence-electron chi connectivity index (χ0n) is 8.49. The topological polar surface area (TPSA) is 40.5 Å². The largest absolute Gasteiger partial charge is 0.391 e. The highest BCUT2D eigenvalue weighted by Crippen LogP contribution is 2.16. The van der Waals surface area contributed by atoms with Gasteiger partial charge in [0.25, 0.3) is 5.91 Å². The van der Waals surface area contributed by atoms with Gasteiger partial charge in [0, 0.05) is 19.2 Å². The zero-order chi connectivity index (χ0) is 11.7. The first-order chi connectivity index (χ1) is 7.58. The number of carbonyl (C=O) groups excluding carboxylic acids is 1. The third kappa shape index (κ3) is 2.04. The van der Waals surface area contributed by atoms with Crippen LogP contribution in [0, 0.1) is 11.6 Å². The van der Waals surface area contributed by atoms with Gasteiger partial charge < -0.3 is 10.0 Å². The van der Waals surface area contributed by atoms with E-state index >= 15 is 0 Å². The predicted molar refractivity (Wildman–Crippen MR) is 52.9 cm³/mol. The van der Waals surface area contributed by atoms with Crippen molar-refractivity contribution in [3.8, 4) is 0 Å². The van der Waals surface area contributed by atoms with Crippen molar-refractivity contribution in [1.29, 1.82) is 0 Å². The van der Waals surface area contributed by atoms with Crippen LogP contribution in [0.4, 0.5) is 8.78 Å². The van der Waals surface area contributed by atoms with Crippen molar-refractivity contribution in [2.75, 3.05) is 13.1 Å². The average molecular weight is 227 g/mol. The number of rotatable bonds is 1. The van der Waals surface area contributed by atoms with E-state index in [2.05, 4.69) is 0 Å². The number of hydrogen-bond acceptors (Lipinski definition) is 2. The Hall–Kier alpha value is -1.49. The molecule has 1 aromatic rings. The van der Waals surface area contributed by atoms with Crippen LogP contribution in [-0.2, 0) is 0 Å². The maximum atomic E-state index is 13.3. The Balaban J connectivity index is 2.21. The van der Waals surface area contributed by atoms with E-state index in [-0.39, 0.29) is 12.1 Å². The van der Waals surface area contributed by atoms with Gasteiger partial charge in [0.05, 0.1) is 11.7 Å². The zero-order valence-corrected chi connectivity index (χ0v) is 8.49. The molecule has 1 unspecified atom stereocenters. The van der Waals surface area contributed by atoms with Crippen LogP contribution in [0.5, 0.6) is 0 Å². The van der Waals surface area contributed by atoms with Crippen LogP contribution in [0.1, 0.15) is 16.8 Å². The summed E-state index contributed by atoms with van der Waals surface area (Å²) >= 11 is 0. The SMILES string of the molecule is O=C(c1ccc(F)cc1F)N1CCC(O)C1. The summed E-state index contributed by atoms with van der Waals surface area (Å²) < 4.78 is 25.9. The summed E-state index contributed by atoms with van der Waals surface area (Å²) in [7, 11) is 0. The molecule has 0 saturated carbocycles. The van der Waals surface area contributed by atoms with E-state index in [0.717, 1.165) is 12.1 Å². The Morgan fingerprint density at radius 1 is 1.44 bits per heavy atom. The Morgan fingerprint density at radius 2 is 2.19 bits per heavy atom. The van der Waals surface area contributed by atoms with Gasteiger partial charge in [-0.2, -0.15) is 0 Å². The highest BCUT2D eigenvalue weighted by Gasteiger charge is 2.26. The summed E-state index contributed by atoms with van der Waals surface area (Å²) in [6.45, 7) is 0.604. The predicted octanol–water partition coefficient (Wildman–Crippen LogP) is 1.17. The van der Waals surface area contributed by atoms with E-state index in [0.29, 0.717) is 19.0 Å². The number of aliphatic hydroxyl groups is 1. The minimum atomic E-state index is -0.869. The van der Waals surface area contributed by atoms with Crippen LogP contribution < -0.4 is 0 Å². The summed E-state index contributed by atoms with van der Waals surface area (Å²) in [5.74, 6) is -2.09. The first-order valence-corrected chi connectivity index (χ1v) is 5.00. The van der Waals surface area contributed by atoms with Crippen molar-refractivity contribution in [2.24, 2.45) is 0 Å². The number of likely N-dealkylation sites (tertiary alicyclic amines) is 1. The lowest BCUT2D eigenvalue weighted by Crippen LogP contribution is -2.30. The maximum absolute atomic E-state index is 13.3. The fourth-order valence-electron chi connectivity index (χ4n) is 1.76. The standard InChI is InChI=1S/C11H11F2NO2/c12-7-1-2-9(10(13)5-7)11(16)14-4-3-8(15)6-14/h1-2,5,8,15H,3-4,6H2. The Kier molecular flexibility index (Phi) is 2.87. The van der Waals surface area contributed by atoms with Crippen LogP contribution in [0.25, 0.3) is 0 Å². The van der Waals surface area contributed by atoms with Gasteiger partial charge in [-0.25, -0.2) is 8.78 Å². The molecule has 0 radical (unpaired) electrons. The molecular formula is C11H11F2NO2. The van der Waals surface area contributed by atoms with Crippen LogP contribution in [0.15, 0.2) is 18.2 Å². The molecule has 1 aliphatic heterocycles. The maximum Gasteiger partial charge on any atom is 0.256 e. The van der Waals surface area contributed by atoms with Gasteiger partial charge in [-0.1, -0.05) is 0 Å². The molecule has 5 heteroatoms. The molecule has 86 valence electrons. The number of hydrogen-bond donors (Lipinski definition) is 1. The molecule has 0 aliphatic carbocycles. The smallest absolute Gasteiger partial charge is 0.256 e. The van der Waals surface area contributed by atoms with Gasteiger partial charge >= 0.3 is 0 Å². The summed E-state index contributed by atoms with van der Waals surface area (Å²) in [4.78, 5) is 13.1. The lowest BCUT2D eigenvalue weighted by Gasteiger charge is -2.15. The number of benzene rings is 1. The molecule has 1 fully saturated rings. The second-order valence-electron chi connectivity index (χ2n) is 3.82. The van der Waals surface area contributed by atoms with Crippen molar-refractivity contribution in [3.63, 3.8) is 0 Å². The molecule has 0 spiro atoms. The van der Waals surface area contributed by atoms with Crippen molar-refractivity contribution in [1.82, 2.24) is 4.90 Å². The lowest BCUT2D eigenvalue weighted by molar-refractivity contribution is 0.0760. The molecule has 1 amide bonds. The Labute approximate surface area is 91.3 Å². The second-order valence-corrected chi connectivity index (χ2v) is 3.82. The van der Waals surface area contributed by atoms with Crippen LogP contribution in [-0.4, -0.2) is 35.1 Å². The number of β-amino-alcohol motifs (C(OH)–C–C–N with tert-alkyl or cyclic N) is 1. The van der Waals surface area contributed by atoms with Crippen LogP contribution >= 0.6 is 0 Å². The summed E-state index contributed by atoms with van der Waals surface area (Å²) in [6.07, 6.45) is -0.0541. The van der Waals surface area contributed by atoms with Gasteiger partial charge in [-0.15, -0.1) is 0 Å².